The predicted molar refractivity (Wildman–Crippen MR) is 103 cm³/mol. The van der Waals surface area contributed by atoms with E-state index < -0.39 is 5.91 Å². The van der Waals surface area contributed by atoms with E-state index in [2.05, 4.69) is 10.6 Å². The van der Waals surface area contributed by atoms with Crippen LogP contribution in [0.15, 0.2) is 24.3 Å². The first-order valence-electron chi connectivity index (χ1n) is 9.07. The lowest BCUT2D eigenvalue weighted by Gasteiger charge is -2.16. The SMILES string of the molecule is NC(=O)c1ccc(C(=O)CC(=O)CCCCC2SCC3NC(=O)NC32)cc1. The molecule has 0 aromatic heterocycles. The van der Waals surface area contributed by atoms with Crippen LogP contribution in [0, 0.1) is 0 Å². The van der Waals surface area contributed by atoms with Gasteiger partial charge in [-0.1, -0.05) is 18.6 Å². The molecule has 0 bridgehead atoms. The molecule has 7 nitrogen and oxygen atoms in total. The first-order chi connectivity index (χ1) is 12.9. The lowest BCUT2D eigenvalue weighted by atomic mass is 9.99. The van der Waals surface area contributed by atoms with Crippen molar-refractivity contribution < 1.29 is 19.2 Å². The largest absolute Gasteiger partial charge is 0.366 e. The van der Waals surface area contributed by atoms with Crippen LogP contribution in [0.1, 0.15) is 52.8 Å². The number of urea groups is 1. The first-order valence-corrected chi connectivity index (χ1v) is 10.1. The van der Waals surface area contributed by atoms with Crippen LogP contribution < -0.4 is 16.4 Å². The number of benzene rings is 1. The number of carbonyl (C=O) groups excluding carboxylic acids is 4. The van der Waals surface area contributed by atoms with Gasteiger partial charge in [0.2, 0.25) is 5.91 Å². The van der Waals surface area contributed by atoms with E-state index in [0.717, 1.165) is 25.0 Å². The maximum atomic E-state index is 12.1. The van der Waals surface area contributed by atoms with E-state index in [4.69, 9.17) is 5.73 Å². The Morgan fingerprint density at radius 3 is 2.48 bits per heavy atom. The summed E-state index contributed by atoms with van der Waals surface area (Å²) in [6.07, 6.45) is 2.83. The third kappa shape index (κ3) is 4.88. The van der Waals surface area contributed by atoms with Gasteiger partial charge >= 0.3 is 6.03 Å². The van der Waals surface area contributed by atoms with Crippen LogP contribution in [0.25, 0.3) is 0 Å². The number of hydrogen-bond acceptors (Lipinski definition) is 5. The first kappa shape index (κ1) is 19.4. The third-order valence-electron chi connectivity index (χ3n) is 4.98. The van der Waals surface area contributed by atoms with Crippen LogP contribution in [0.4, 0.5) is 4.79 Å². The summed E-state index contributed by atoms with van der Waals surface area (Å²) in [4.78, 5) is 46.6. The molecule has 1 aromatic carbocycles. The normalized spacial score (nSPS) is 23.4. The van der Waals surface area contributed by atoms with E-state index in [1.807, 2.05) is 11.8 Å². The van der Waals surface area contributed by atoms with Crippen LogP contribution in [0.3, 0.4) is 0 Å². The molecule has 3 unspecified atom stereocenters. The second kappa shape index (κ2) is 8.56. The highest BCUT2D eigenvalue weighted by Crippen LogP contribution is 2.33. The van der Waals surface area contributed by atoms with Gasteiger partial charge in [0, 0.05) is 28.6 Å². The van der Waals surface area contributed by atoms with Crippen molar-refractivity contribution in [2.75, 3.05) is 5.75 Å². The molecule has 0 spiro atoms. The van der Waals surface area contributed by atoms with Gasteiger partial charge in [-0.05, 0) is 25.0 Å². The second-order valence-electron chi connectivity index (χ2n) is 6.95. The van der Waals surface area contributed by atoms with Crippen molar-refractivity contribution in [2.45, 2.75) is 49.4 Å². The minimum Gasteiger partial charge on any atom is -0.366 e. The molecule has 0 radical (unpaired) electrons. The number of carbonyl (C=O) groups is 4. The lowest BCUT2D eigenvalue weighted by molar-refractivity contribution is -0.118. The Bertz CT molecular complexity index is 750. The molecule has 144 valence electrons. The van der Waals surface area contributed by atoms with Crippen molar-refractivity contribution in [3.05, 3.63) is 35.4 Å². The smallest absolute Gasteiger partial charge is 0.315 e. The predicted octanol–water partition coefficient (Wildman–Crippen LogP) is 1.65. The monoisotopic (exact) mass is 389 g/mol. The number of hydrogen-bond donors (Lipinski definition) is 3. The van der Waals surface area contributed by atoms with Crippen LogP contribution >= 0.6 is 11.8 Å². The lowest BCUT2D eigenvalue weighted by Crippen LogP contribution is -2.36. The Hall–Kier alpha value is -2.35. The summed E-state index contributed by atoms with van der Waals surface area (Å²) in [5.41, 5.74) is 5.91. The molecule has 0 saturated carbocycles. The number of primary amides is 1. The van der Waals surface area contributed by atoms with Crippen molar-refractivity contribution >= 4 is 35.3 Å². The van der Waals surface area contributed by atoms with Crippen LogP contribution in [0.5, 0.6) is 0 Å². The molecule has 3 atom stereocenters. The molecular formula is C19H23N3O4S. The van der Waals surface area contributed by atoms with Crippen LogP contribution in [-0.2, 0) is 4.79 Å². The van der Waals surface area contributed by atoms with Gasteiger partial charge in [0.15, 0.2) is 5.78 Å². The van der Waals surface area contributed by atoms with Crippen molar-refractivity contribution in [3.63, 3.8) is 0 Å². The molecule has 2 heterocycles. The van der Waals surface area contributed by atoms with Crippen molar-refractivity contribution in [1.29, 1.82) is 0 Å². The molecule has 1 aromatic rings. The van der Waals surface area contributed by atoms with Gasteiger partial charge in [0.1, 0.15) is 5.78 Å². The van der Waals surface area contributed by atoms with Gasteiger partial charge in [0.05, 0.1) is 18.5 Å². The Kier molecular flexibility index (Phi) is 6.15. The van der Waals surface area contributed by atoms with Crippen LogP contribution in [0.2, 0.25) is 0 Å². The summed E-state index contributed by atoms with van der Waals surface area (Å²) in [5, 5.41) is 6.26. The van der Waals surface area contributed by atoms with Crippen molar-refractivity contribution in [3.8, 4) is 0 Å². The number of amides is 3. The average Bonchev–Trinajstić information content (AvgIpc) is 3.18. The van der Waals surface area contributed by atoms with E-state index >= 15 is 0 Å². The number of unbranched alkanes of at least 4 members (excludes halogenated alkanes) is 1. The molecule has 27 heavy (non-hydrogen) atoms. The van der Waals surface area contributed by atoms with Gasteiger partial charge in [-0.25, -0.2) is 4.79 Å². The number of rotatable bonds is 9. The van der Waals surface area contributed by atoms with Gasteiger partial charge in [-0.15, -0.1) is 0 Å². The standard InChI is InChI=1S/C19H23N3O4S/c20-18(25)12-7-5-11(6-8-12)15(24)9-13(23)3-1-2-4-16-17-14(10-27-16)21-19(26)22-17/h5-8,14,16-17H,1-4,9-10H2,(H2,20,25)(H2,21,22,26). The Morgan fingerprint density at radius 2 is 1.78 bits per heavy atom. The number of thioether (sulfide) groups is 1. The van der Waals surface area contributed by atoms with E-state index in [1.54, 1.807) is 0 Å². The topological polar surface area (TPSA) is 118 Å². The quantitative estimate of drug-likeness (QED) is 0.257. The zero-order valence-electron chi connectivity index (χ0n) is 14.9. The summed E-state index contributed by atoms with van der Waals surface area (Å²) in [6.45, 7) is 0. The Morgan fingerprint density at radius 1 is 1.07 bits per heavy atom. The second-order valence-corrected chi connectivity index (χ2v) is 8.22. The molecule has 0 aliphatic carbocycles. The number of Topliss-reactive ketones (excluding diaryl/α,β-unsaturated/α-hetero) is 2. The van der Waals surface area contributed by atoms with Crippen molar-refractivity contribution in [2.24, 2.45) is 5.73 Å². The Balaban J connectivity index is 1.36. The molecule has 3 amide bonds. The molecule has 2 saturated heterocycles. The molecule has 4 N–H and O–H groups in total. The van der Waals surface area contributed by atoms with Gasteiger partial charge in [0.25, 0.3) is 0 Å². The zero-order chi connectivity index (χ0) is 19.4. The fourth-order valence-corrected chi connectivity index (χ4v) is 5.04. The Labute approximate surface area is 161 Å². The highest BCUT2D eigenvalue weighted by atomic mass is 32.2. The van der Waals surface area contributed by atoms with Gasteiger partial charge < -0.3 is 16.4 Å². The molecule has 8 heteroatoms. The summed E-state index contributed by atoms with van der Waals surface area (Å²) < 4.78 is 0. The van der Waals surface area contributed by atoms with E-state index in [0.29, 0.717) is 22.8 Å². The molecule has 3 rings (SSSR count). The van der Waals surface area contributed by atoms with E-state index in [1.165, 1.54) is 24.3 Å². The number of nitrogens with one attached hydrogen (secondary N) is 2. The number of nitrogens with two attached hydrogens (primary N) is 1. The third-order valence-corrected chi connectivity index (χ3v) is 6.49. The average molecular weight is 389 g/mol. The summed E-state index contributed by atoms with van der Waals surface area (Å²) in [5.74, 6) is 0.0530. The summed E-state index contributed by atoms with van der Waals surface area (Å²) in [7, 11) is 0. The number of fused-ring (bicyclic) bond motifs is 1. The zero-order valence-corrected chi connectivity index (χ0v) is 15.7. The summed E-state index contributed by atoms with van der Waals surface area (Å²) >= 11 is 1.86. The number of ketones is 2. The maximum Gasteiger partial charge on any atom is 0.315 e. The van der Waals surface area contributed by atoms with Crippen molar-refractivity contribution in [1.82, 2.24) is 10.6 Å². The maximum absolute atomic E-state index is 12.1. The molecule has 2 aliphatic rings. The molecule has 2 aliphatic heterocycles. The minimum atomic E-state index is -0.551. The van der Waals surface area contributed by atoms with E-state index in [-0.39, 0.29) is 36.1 Å². The van der Waals surface area contributed by atoms with E-state index in [9.17, 15) is 19.2 Å². The fourth-order valence-electron chi connectivity index (χ4n) is 3.50. The summed E-state index contributed by atoms with van der Waals surface area (Å²) in [6, 6.07) is 6.33. The van der Waals surface area contributed by atoms with Crippen LogP contribution in [-0.4, -0.2) is 46.6 Å². The highest BCUT2D eigenvalue weighted by Gasteiger charge is 2.42. The van der Waals surface area contributed by atoms with Gasteiger partial charge in [-0.3, -0.25) is 14.4 Å². The molecular weight excluding hydrogens is 366 g/mol. The highest BCUT2D eigenvalue weighted by molar-refractivity contribution is 8.00. The fraction of sp³-hybridized carbons (Fsp3) is 0.474. The molecule has 2 fully saturated rings. The van der Waals surface area contributed by atoms with Gasteiger partial charge in [-0.2, -0.15) is 11.8 Å². The minimum absolute atomic E-state index is 0.0771.